The van der Waals surface area contributed by atoms with Crippen LogP contribution in [0.4, 0.5) is 0 Å². The number of carbonyl (C=O) groups excluding carboxylic acids is 1. The molecule has 1 fully saturated rings. The first-order valence-corrected chi connectivity index (χ1v) is 6.55. The van der Waals surface area contributed by atoms with Crippen molar-refractivity contribution in [1.82, 2.24) is 0 Å². The lowest BCUT2D eigenvalue weighted by Crippen LogP contribution is -2.09. The quantitative estimate of drug-likeness (QED) is 0.625. The minimum absolute atomic E-state index is 0.0537. The van der Waals surface area contributed by atoms with Crippen LogP contribution in [0.2, 0.25) is 5.02 Å². The van der Waals surface area contributed by atoms with Gasteiger partial charge in [-0.2, -0.15) is 0 Å². The third-order valence-electron chi connectivity index (χ3n) is 3.36. The van der Waals surface area contributed by atoms with E-state index in [0.29, 0.717) is 5.02 Å². The van der Waals surface area contributed by atoms with Crippen molar-refractivity contribution in [2.45, 2.75) is 19.1 Å². The second kappa shape index (κ2) is 4.80. The molecule has 1 saturated heterocycles. The van der Waals surface area contributed by atoms with Gasteiger partial charge in [0.2, 0.25) is 0 Å². The van der Waals surface area contributed by atoms with Crippen molar-refractivity contribution < 1.29 is 9.53 Å². The van der Waals surface area contributed by atoms with Gasteiger partial charge in [-0.05, 0) is 30.2 Å². The largest absolute Gasteiger partial charge is 0.356 e. The maximum Gasteiger partial charge on any atom is 0.194 e. The van der Waals surface area contributed by atoms with Gasteiger partial charge in [0.1, 0.15) is 6.10 Å². The Kier molecular flexibility index (Phi) is 3.13. The first-order valence-electron chi connectivity index (χ1n) is 6.17. The van der Waals surface area contributed by atoms with Gasteiger partial charge in [0, 0.05) is 10.6 Å². The first kappa shape index (κ1) is 12.4. The monoisotopic (exact) mass is 272 g/mol. The van der Waals surface area contributed by atoms with Crippen molar-refractivity contribution in [3.63, 3.8) is 0 Å². The van der Waals surface area contributed by atoms with E-state index in [2.05, 4.69) is 0 Å². The van der Waals surface area contributed by atoms with Crippen LogP contribution < -0.4 is 0 Å². The zero-order chi connectivity index (χ0) is 13.4. The number of aryl methyl sites for hydroxylation is 1. The van der Waals surface area contributed by atoms with Gasteiger partial charge in [0.05, 0.1) is 0 Å². The Morgan fingerprint density at radius 1 is 1.11 bits per heavy atom. The Morgan fingerprint density at radius 2 is 1.79 bits per heavy atom. The summed E-state index contributed by atoms with van der Waals surface area (Å²) < 4.78 is 5.52. The number of halogens is 1. The molecule has 0 saturated carbocycles. The molecule has 96 valence electrons. The van der Waals surface area contributed by atoms with Gasteiger partial charge in [0.15, 0.2) is 11.9 Å². The van der Waals surface area contributed by atoms with Gasteiger partial charge in [-0.1, -0.05) is 48.0 Å². The zero-order valence-corrected chi connectivity index (χ0v) is 11.2. The van der Waals surface area contributed by atoms with Gasteiger partial charge < -0.3 is 4.74 Å². The lowest BCUT2D eigenvalue weighted by Gasteiger charge is -2.01. The lowest BCUT2D eigenvalue weighted by molar-refractivity contribution is 0.0953. The van der Waals surface area contributed by atoms with Crippen LogP contribution in [0.5, 0.6) is 0 Å². The molecule has 0 N–H and O–H groups in total. The molecule has 1 heterocycles. The van der Waals surface area contributed by atoms with Crippen molar-refractivity contribution in [2.24, 2.45) is 0 Å². The predicted molar refractivity (Wildman–Crippen MR) is 74.6 cm³/mol. The number of epoxide rings is 1. The summed E-state index contributed by atoms with van der Waals surface area (Å²) in [6.07, 6.45) is -0.494. The van der Waals surface area contributed by atoms with E-state index in [1.54, 1.807) is 0 Å². The van der Waals surface area contributed by atoms with Crippen molar-refractivity contribution >= 4 is 17.4 Å². The average molecular weight is 273 g/mol. The predicted octanol–water partition coefficient (Wildman–Crippen LogP) is 3.97. The normalized spacial score (nSPS) is 21.2. The number of benzene rings is 2. The van der Waals surface area contributed by atoms with Gasteiger partial charge in [-0.15, -0.1) is 0 Å². The van der Waals surface area contributed by atoms with Crippen LogP contribution in [-0.4, -0.2) is 11.9 Å². The Hall–Kier alpha value is -1.64. The zero-order valence-electron chi connectivity index (χ0n) is 10.5. The van der Waals surface area contributed by atoms with Crippen LogP contribution in [0.25, 0.3) is 0 Å². The molecule has 0 amide bonds. The molecule has 0 aromatic heterocycles. The van der Waals surface area contributed by atoms with Crippen LogP contribution in [0.3, 0.4) is 0 Å². The van der Waals surface area contributed by atoms with Crippen molar-refractivity contribution in [1.29, 1.82) is 0 Å². The van der Waals surface area contributed by atoms with Crippen LogP contribution in [-0.2, 0) is 4.74 Å². The fraction of sp³-hybridized carbons (Fsp3) is 0.188. The Morgan fingerprint density at radius 3 is 2.47 bits per heavy atom. The third-order valence-corrected chi connectivity index (χ3v) is 3.61. The fourth-order valence-corrected chi connectivity index (χ4v) is 2.35. The summed E-state index contributed by atoms with van der Waals surface area (Å²) >= 11 is 5.84. The second-order valence-corrected chi connectivity index (χ2v) is 5.14. The van der Waals surface area contributed by atoms with E-state index in [-0.39, 0.29) is 18.0 Å². The molecule has 2 unspecified atom stereocenters. The van der Waals surface area contributed by atoms with Crippen LogP contribution in [0.1, 0.15) is 27.6 Å². The van der Waals surface area contributed by atoms with Crippen molar-refractivity contribution in [2.75, 3.05) is 0 Å². The first-order chi connectivity index (χ1) is 9.16. The molecule has 2 aromatic rings. The molecule has 1 aliphatic heterocycles. The van der Waals surface area contributed by atoms with E-state index in [1.165, 1.54) is 0 Å². The lowest BCUT2D eigenvalue weighted by atomic mass is 9.99. The summed E-state index contributed by atoms with van der Waals surface area (Å²) in [5.74, 6) is 0.0537. The van der Waals surface area contributed by atoms with Gasteiger partial charge >= 0.3 is 0 Å². The van der Waals surface area contributed by atoms with E-state index in [9.17, 15) is 4.79 Å². The van der Waals surface area contributed by atoms with E-state index in [0.717, 1.165) is 16.7 Å². The minimum Gasteiger partial charge on any atom is -0.356 e. The molecule has 3 rings (SSSR count). The molecule has 0 spiro atoms. The third kappa shape index (κ3) is 2.42. The molecule has 19 heavy (non-hydrogen) atoms. The molecule has 0 aliphatic carbocycles. The maximum atomic E-state index is 12.3. The van der Waals surface area contributed by atoms with Crippen molar-refractivity contribution in [3.8, 4) is 0 Å². The molecule has 2 atom stereocenters. The highest BCUT2D eigenvalue weighted by atomic mass is 35.5. The summed E-state index contributed by atoms with van der Waals surface area (Å²) in [6, 6.07) is 15.0. The number of rotatable bonds is 3. The van der Waals surface area contributed by atoms with Gasteiger partial charge in [0.25, 0.3) is 0 Å². The summed E-state index contributed by atoms with van der Waals surface area (Å²) in [5, 5.41) is 0.686. The molecule has 2 nitrogen and oxygen atoms in total. The SMILES string of the molecule is Cc1ccccc1C(=O)C1OC1c1ccc(Cl)cc1. The second-order valence-electron chi connectivity index (χ2n) is 4.71. The number of carbonyl (C=O) groups is 1. The van der Waals surface area contributed by atoms with E-state index in [1.807, 2.05) is 55.5 Å². The molecule has 1 aliphatic rings. The van der Waals surface area contributed by atoms with E-state index < -0.39 is 0 Å². The maximum absolute atomic E-state index is 12.3. The molecular formula is C16H13ClO2. The highest BCUT2D eigenvalue weighted by Crippen LogP contribution is 2.41. The number of hydrogen-bond donors (Lipinski definition) is 0. The summed E-state index contributed by atoms with van der Waals surface area (Å²) in [6.45, 7) is 1.94. The standard InChI is InChI=1S/C16H13ClO2/c1-10-4-2-3-5-13(10)14(18)16-15(19-16)11-6-8-12(17)9-7-11/h2-9,15-16H,1H3. The van der Waals surface area contributed by atoms with Crippen molar-refractivity contribution in [3.05, 3.63) is 70.2 Å². The number of ether oxygens (including phenoxy) is 1. The van der Waals surface area contributed by atoms with Crippen LogP contribution in [0, 0.1) is 6.92 Å². The highest BCUT2D eigenvalue weighted by molar-refractivity contribution is 6.30. The summed E-state index contributed by atoms with van der Waals surface area (Å²) in [7, 11) is 0. The number of ketones is 1. The topological polar surface area (TPSA) is 29.6 Å². The fourth-order valence-electron chi connectivity index (χ4n) is 2.22. The Labute approximate surface area is 117 Å². The van der Waals surface area contributed by atoms with Crippen LogP contribution in [0.15, 0.2) is 48.5 Å². The Balaban J connectivity index is 1.78. The van der Waals surface area contributed by atoms with Gasteiger partial charge in [-0.3, -0.25) is 4.79 Å². The van der Waals surface area contributed by atoms with E-state index in [4.69, 9.17) is 16.3 Å². The van der Waals surface area contributed by atoms with Crippen LogP contribution >= 0.6 is 11.6 Å². The summed E-state index contributed by atoms with van der Waals surface area (Å²) in [4.78, 5) is 12.3. The smallest absolute Gasteiger partial charge is 0.194 e. The minimum atomic E-state index is -0.359. The molecule has 2 aromatic carbocycles. The van der Waals surface area contributed by atoms with Gasteiger partial charge in [-0.25, -0.2) is 0 Å². The molecule has 0 radical (unpaired) electrons. The molecule has 0 bridgehead atoms. The number of Topliss-reactive ketones (excluding diaryl/α,β-unsaturated/α-hetero) is 1. The van der Waals surface area contributed by atoms with E-state index >= 15 is 0 Å². The molecule has 3 heteroatoms. The number of hydrogen-bond acceptors (Lipinski definition) is 2. The molecular weight excluding hydrogens is 260 g/mol. The highest BCUT2D eigenvalue weighted by Gasteiger charge is 2.46. The Bertz CT molecular complexity index is 619. The summed E-state index contributed by atoms with van der Waals surface area (Å²) in [5.41, 5.74) is 2.72. The average Bonchev–Trinajstić information content (AvgIpc) is 3.20.